The van der Waals surface area contributed by atoms with Crippen molar-refractivity contribution >= 4 is 29.1 Å². The van der Waals surface area contributed by atoms with Crippen LogP contribution in [-0.2, 0) is 11.2 Å². The summed E-state index contributed by atoms with van der Waals surface area (Å²) in [6.45, 7) is 2.01. The van der Waals surface area contributed by atoms with Crippen molar-refractivity contribution in [2.75, 3.05) is 6.54 Å². The van der Waals surface area contributed by atoms with Gasteiger partial charge in [-0.2, -0.15) is 0 Å². The third-order valence-electron chi connectivity index (χ3n) is 6.10. The maximum atomic E-state index is 13.9. The number of rotatable bonds is 8. The van der Waals surface area contributed by atoms with E-state index < -0.39 is 0 Å². The molecule has 0 atom stereocenters. The average Bonchev–Trinajstić information content (AvgIpc) is 2.82. The summed E-state index contributed by atoms with van der Waals surface area (Å²) in [4.78, 5) is 11.3. The van der Waals surface area contributed by atoms with E-state index in [4.69, 9.17) is 32.7 Å². The van der Waals surface area contributed by atoms with Crippen LogP contribution in [-0.4, -0.2) is 24.7 Å². The molecule has 0 bridgehead atoms. The molecule has 1 saturated carbocycles. The van der Waals surface area contributed by atoms with Crippen molar-refractivity contribution < 1.29 is 18.7 Å². The van der Waals surface area contributed by atoms with E-state index in [1.54, 1.807) is 24.3 Å². The molecule has 0 radical (unpaired) electrons. The lowest BCUT2D eigenvalue weighted by molar-refractivity contribution is -0.118. The summed E-state index contributed by atoms with van der Waals surface area (Å²) in [7, 11) is 0. The van der Waals surface area contributed by atoms with Crippen LogP contribution in [0.15, 0.2) is 60.7 Å². The molecule has 35 heavy (non-hydrogen) atoms. The van der Waals surface area contributed by atoms with Gasteiger partial charge < -0.3 is 14.8 Å². The molecule has 1 amide bonds. The summed E-state index contributed by atoms with van der Waals surface area (Å²) in [5.74, 6) is 1.03. The highest BCUT2D eigenvalue weighted by Gasteiger charge is 2.24. The van der Waals surface area contributed by atoms with E-state index >= 15 is 0 Å². The van der Waals surface area contributed by atoms with Crippen LogP contribution in [0.25, 0.3) is 11.1 Å². The number of carbonyl (C=O) groups excluding carboxylic acids is 1. The Morgan fingerprint density at radius 3 is 2.40 bits per heavy atom. The van der Waals surface area contributed by atoms with Gasteiger partial charge in [-0.05, 0) is 91.3 Å². The average molecular weight is 516 g/mol. The Balaban J connectivity index is 1.41. The molecular weight excluding hydrogens is 488 g/mol. The minimum absolute atomic E-state index is 0.0705. The lowest BCUT2D eigenvalue weighted by Gasteiger charge is -2.30. The maximum Gasteiger partial charge on any atom is 0.216 e. The second-order valence-corrected chi connectivity index (χ2v) is 9.62. The highest BCUT2D eigenvalue weighted by atomic mass is 35.5. The molecule has 0 aliphatic heterocycles. The molecule has 1 N–H and O–H groups in total. The number of benzene rings is 3. The molecule has 0 unspecified atom stereocenters. The molecule has 3 aromatic rings. The lowest BCUT2D eigenvalue weighted by Crippen LogP contribution is -2.30. The van der Waals surface area contributed by atoms with E-state index in [-0.39, 0.29) is 23.9 Å². The van der Waals surface area contributed by atoms with Gasteiger partial charge in [0, 0.05) is 18.5 Å². The predicted molar refractivity (Wildman–Crippen MR) is 138 cm³/mol. The Morgan fingerprint density at radius 1 is 0.971 bits per heavy atom. The van der Waals surface area contributed by atoms with Crippen molar-refractivity contribution in [1.29, 1.82) is 0 Å². The summed E-state index contributed by atoms with van der Waals surface area (Å²) < 4.78 is 26.3. The highest BCUT2D eigenvalue weighted by molar-refractivity contribution is 6.35. The molecule has 184 valence electrons. The predicted octanol–water partition coefficient (Wildman–Crippen LogP) is 7.25. The van der Waals surface area contributed by atoms with Gasteiger partial charge in [0.15, 0.2) is 0 Å². The largest absolute Gasteiger partial charge is 0.490 e. The first-order valence-electron chi connectivity index (χ1n) is 11.8. The fourth-order valence-corrected chi connectivity index (χ4v) is 4.81. The molecule has 0 spiro atoms. The Kier molecular flexibility index (Phi) is 8.53. The second-order valence-electron chi connectivity index (χ2n) is 8.77. The number of ether oxygens (including phenoxy) is 2. The Labute approximate surface area is 215 Å². The van der Waals surface area contributed by atoms with E-state index in [9.17, 15) is 9.18 Å². The number of nitrogens with one attached hydrogen (secondary N) is 1. The first kappa shape index (κ1) is 25.3. The van der Waals surface area contributed by atoms with Crippen LogP contribution in [0.5, 0.6) is 11.5 Å². The van der Waals surface area contributed by atoms with Gasteiger partial charge in [-0.1, -0.05) is 41.4 Å². The number of halogens is 3. The summed E-state index contributed by atoms with van der Waals surface area (Å²) in [6, 6.07) is 17.7. The molecule has 7 heteroatoms. The minimum Gasteiger partial charge on any atom is -0.490 e. The minimum atomic E-state index is -0.291. The second kappa shape index (κ2) is 11.8. The van der Waals surface area contributed by atoms with Crippen LogP contribution in [0.4, 0.5) is 4.39 Å². The standard InChI is InChI=1S/C28H28Cl2FNO3/c1-18(33)32-14-13-19-5-7-25(17-26(19)20-3-2-4-22(31)15-20)34-23-8-10-24(11-9-23)35-28-12-6-21(29)16-27(28)30/h2-7,12,15-17,23-24H,8-11,13-14H2,1H3,(H,32,33). The third-order valence-corrected chi connectivity index (χ3v) is 6.63. The van der Waals surface area contributed by atoms with Crippen molar-refractivity contribution in [3.05, 3.63) is 82.1 Å². The molecule has 1 aliphatic rings. The first-order valence-corrected chi connectivity index (χ1v) is 12.5. The third kappa shape index (κ3) is 7.12. The van der Waals surface area contributed by atoms with E-state index in [2.05, 4.69) is 5.32 Å². The van der Waals surface area contributed by atoms with E-state index in [1.807, 2.05) is 24.3 Å². The smallest absolute Gasteiger partial charge is 0.216 e. The Bertz CT molecular complexity index is 1180. The maximum absolute atomic E-state index is 13.9. The van der Waals surface area contributed by atoms with Crippen LogP contribution in [0, 0.1) is 5.82 Å². The Hall–Kier alpha value is -2.76. The first-order chi connectivity index (χ1) is 16.9. The fourth-order valence-electron chi connectivity index (χ4n) is 4.36. The van der Waals surface area contributed by atoms with Crippen molar-refractivity contribution in [1.82, 2.24) is 5.32 Å². The van der Waals surface area contributed by atoms with E-state index in [0.717, 1.165) is 48.1 Å². The van der Waals surface area contributed by atoms with Gasteiger partial charge in [-0.3, -0.25) is 4.79 Å². The molecule has 1 aliphatic carbocycles. The van der Waals surface area contributed by atoms with Gasteiger partial charge in [-0.25, -0.2) is 4.39 Å². The van der Waals surface area contributed by atoms with Crippen LogP contribution >= 0.6 is 23.2 Å². The van der Waals surface area contributed by atoms with Crippen molar-refractivity contribution in [2.45, 2.75) is 51.2 Å². The molecular formula is C28H28Cl2FNO3. The summed E-state index contributed by atoms with van der Waals surface area (Å²) in [5.41, 5.74) is 2.71. The molecule has 1 fully saturated rings. The zero-order valence-corrected chi connectivity index (χ0v) is 21.0. The van der Waals surface area contributed by atoms with E-state index in [1.165, 1.54) is 19.1 Å². The van der Waals surface area contributed by atoms with Gasteiger partial charge in [0.2, 0.25) is 5.91 Å². The summed E-state index contributed by atoms with van der Waals surface area (Å²) in [5, 5.41) is 3.92. The normalized spacial score (nSPS) is 17.6. The van der Waals surface area contributed by atoms with E-state index in [0.29, 0.717) is 28.8 Å². The van der Waals surface area contributed by atoms with Crippen LogP contribution in [0.3, 0.4) is 0 Å². The SMILES string of the molecule is CC(=O)NCCc1ccc(OC2CCC(Oc3ccc(Cl)cc3Cl)CC2)cc1-c1cccc(F)c1. The lowest BCUT2D eigenvalue weighted by atomic mass is 9.94. The monoisotopic (exact) mass is 515 g/mol. The van der Waals surface area contributed by atoms with Crippen molar-refractivity contribution in [2.24, 2.45) is 0 Å². The highest BCUT2D eigenvalue weighted by Crippen LogP contribution is 2.34. The number of hydrogen-bond acceptors (Lipinski definition) is 3. The number of carbonyl (C=O) groups is 1. The molecule has 4 nitrogen and oxygen atoms in total. The van der Waals surface area contributed by atoms with Gasteiger partial charge in [-0.15, -0.1) is 0 Å². The van der Waals surface area contributed by atoms with Crippen LogP contribution in [0.2, 0.25) is 10.0 Å². The molecule has 0 heterocycles. The van der Waals surface area contributed by atoms with Gasteiger partial charge in [0.05, 0.1) is 17.2 Å². The van der Waals surface area contributed by atoms with Crippen molar-refractivity contribution in [3.63, 3.8) is 0 Å². The molecule has 3 aromatic carbocycles. The number of hydrogen-bond donors (Lipinski definition) is 1. The molecule has 0 aromatic heterocycles. The number of amides is 1. The zero-order valence-electron chi connectivity index (χ0n) is 19.5. The van der Waals surface area contributed by atoms with Gasteiger partial charge >= 0.3 is 0 Å². The van der Waals surface area contributed by atoms with Gasteiger partial charge in [0.1, 0.15) is 17.3 Å². The van der Waals surface area contributed by atoms with Crippen LogP contribution in [0.1, 0.15) is 38.2 Å². The van der Waals surface area contributed by atoms with Gasteiger partial charge in [0.25, 0.3) is 0 Å². The molecule has 0 saturated heterocycles. The fraction of sp³-hybridized carbons (Fsp3) is 0.321. The zero-order chi connectivity index (χ0) is 24.8. The Morgan fingerprint density at radius 2 is 1.71 bits per heavy atom. The topological polar surface area (TPSA) is 47.6 Å². The summed E-state index contributed by atoms with van der Waals surface area (Å²) in [6.07, 6.45) is 4.21. The molecule has 4 rings (SSSR count). The van der Waals surface area contributed by atoms with Crippen LogP contribution < -0.4 is 14.8 Å². The quantitative estimate of drug-likeness (QED) is 0.343. The van der Waals surface area contributed by atoms with Crippen molar-refractivity contribution in [3.8, 4) is 22.6 Å². The summed E-state index contributed by atoms with van der Waals surface area (Å²) >= 11 is 12.2.